The molecular weight excluding hydrogens is 578 g/mol. The Bertz CT molecular complexity index is 981. The Morgan fingerprint density at radius 3 is 1.23 bits per heavy atom. The average molecular weight is 621 g/mol. The van der Waals surface area contributed by atoms with E-state index in [-0.39, 0.29) is 0 Å². The van der Waals surface area contributed by atoms with Gasteiger partial charge in [-0.1, -0.05) is 13.8 Å². The van der Waals surface area contributed by atoms with Crippen LogP contribution < -0.4 is 9.05 Å². The summed E-state index contributed by atoms with van der Waals surface area (Å²) >= 11 is 2.40. The first-order valence-electron chi connectivity index (χ1n) is 13.4. The molecule has 0 saturated heterocycles. The molecule has 0 spiro atoms. The standard InChI is InChI=1S/C27H42O8P2S2/c1-7-21-38-36(28,32-11-5)34-25-17-13-23(14-18-25)27(30-9-3,31-10-4)24-15-19-26(20-16-24)35-37(29,33-12-6)39-22-8-2/h13-20H,7-12,21-22H2,1-6H3. The Morgan fingerprint density at radius 1 is 0.590 bits per heavy atom. The summed E-state index contributed by atoms with van der Waals surface area (Å²) in [6.45, 7) is 6.11. The number of ether oxygens (including phenoxy) is 2. The first-order valence-corrected chi connectivity index (χ1v) is 19.7. The molecule has 12 heteroatoms. The highest BCUT2D eigenvalue weighted by molar-refractivity contribution is 8.55. The number of hydrogen-bond donors (Lipinski definition) is 0. The minimum atomic E-state index is -3.33. The molecule has 220 valence electrons. The van der Waals surface area contributed by atoms with Gasteiger partial charge in [0.05, 0.1) is 13.2 Å². The van der Waals surface area contributed by atoms with E-state index < -0.39 is 19.4 Å². The summed E-state index contributed by atoms with van der Waals surface area (Å²) in [5.41, 5.74) is 1.47. The summed E-state index contributed by atoms with van der Waals surface area (Å²) < 4.78 is 61.2. The fraction of sp³-hybridized carbons (Fsp3) is 0.556. The van der Waals surface area contributed by atoms with Gasteiger partial charge in [0.25, 0.3) is 0 Å². The van der Waals surface area contributed by atoms with E-state index in [0.717, 1.165) is 24.0 Å². The van der Waals surface area contributed by atoms with Gasteiger partial charge in [-0.3, -0.25) is 9.05 Å². The van der Waals surface area contributed by atoms with Crippen molar-refractivity contribution in [1.82, 2.24) is 0 Å². The predicted octanol–water partition coefficient (Wildman–Crippen LogP) is 9.29. The smallest absolute Gasteiger partial charge is 0.417 e. The lowest BCUT2D eigenvalue weighted by atomic mass is 9.96. The van der Waals surface area contributed by atoms with Crippen LogP contribution in [0.2, 0.25) is 0 Å². The van der Waals surface area contributed by atoms with Crippen LogP contribution in [0.25, 0.3) is 0 Å². The van der Waals surface area contributed by atoms with Crippen LogP contribution in [0, 0.1) is 0 Å². The number of rotatable bonds is 20. The van der Waals surface area contributed by atoms with Crippen molar-refractivity contribution in [2.75, 3.05) is 37.9 Å². The zero-order valence-corrected chi connectivity index (χ0v) is 27.2. The molecule has 39 heavy (non-hydrogen) atoms. The maximum absolute atomic E-state index is 13.1. The summed E-state index contributed by atoms with van der Waals surface area (Å²) in [4.78, 5) is 0. The van der Waals surface area contributed by atoms with Crippen LogP contribution in [0.1, 0.15) is 65.5 Å². The Balaban J connectivity index is 2.37. The maximum atomic E-state index is 13.1. The molecule has 0 aliphatic heterocycles. The molecule has 0 N–H and O–H groups in total. The zero-order valence-electron chi connectivity index (χ0n) is 23.8. The van der Waals surface area contributed by atoms with Gasteiger partial charge in [-0.15, -0.1) is 0 Å². The van der Waals surface area contributed by atoms with Crippen molar-refractivity contribution in [3.63, 3.8) is 0 Å². The van der Waals surface area contributed by atoms with Crippen LogP contribution in [0.5, 0.6) is 11.5 Å². The summed E-state index contributed by atoms with van der Waals surface area (Å²) in [6, 6.07) is 14.3. The minimum Gasteiger partial charge on any atom is -0.417 e. The van der Waals surface area contributed by atoms with Gasteiger partial charge in [0, 0.05) is 35.8 Å². The third kappa shape index (κ3) is 10.1. The van der Waals surface area contributed by atoms with E-state index in [1.165, 1.54) is 22.8 Å². The molecule has 0 fully saturated rings. The summed E-state index contributed by atoms with van der Waals surface area (Å²) in [6.07, 6.45) is 1.72. The number of hydrogen-bond acceptors (Lipinski definition) is 10. The van der Waals surface area contributed by atoms with E-state index in [0.29, 0.717) is 49.4 Å². The highest BCUT2D eigenvalue weighted by atomic mass is 32.7. The van der Waals surface area contributed by atoms with Gasteiger partial charge in [0.1, 0.15) is 11.5 Å². The zero-order chi connectivity index (χ0) is 28.8. The van der Waals surface area contributed by atoms with Crippen LogP contribution >= 0.6 is 36.4 Å². The van der Waals surface area contributed by atoms with Crippen molar-refractivity contribution < 1.29 is 36.7 Å². The van der Waals surface area contributed by atoms with E-state index in [1.54, 1.807) is 38.1 Å². The molecule has 2 aromatic rings. The lowest BCUT2D eigenvalue weighted by Gasteiger charge is -2.34. The van der Waals surface area contributed by atoms with Crippen molar-refractivity contribution in [3.8, 4) is 11.5 Å². The average Bonchev–Trinajstić information content (AvgIpc) is 2.92. The summed E-state index contributed by atoms with van der Waals surface area (Å²) in [5.74, 6) is 0.998. The molecule has 0 aromatic heterocycles. The van der Waals surface area contributed by atoms with Crippen molar-refractivity contribution in [1.29, 1.82) is 0 Å². The molecule has 2 aromatic carbocycles. The highest BCUT2D eigenvalue weighted by Crippen LogP contribution is 2.61. The molecule has 2 unspecified atom stereocenters. The fourth-order valence-corrected chi connectivity index (χ4v) is 10.5. The van der Waals surface area contributed by atoms with Crippen molar-refractivity contribution in [2.45, 2.75) is 60.2 Å². The van der Waals surface area contributed by atoms with Gasteiger partial charge < -0.3 is 18.5 Å². The maximum Gasteiger partial charge on any atom is 0.440 e. The Hall–Kier alpha value is -0.960. The van der Waals surface area contributed by atoms with E-state index in [4.69, 9.17) is 27.6 Å². The van der Waals surface area contributed by atoms with Crippen LogP contribution in [-0.4, -0.2) is 37.9 Å². The Morgan fingerprint density at radius 2 is 0.949 bits per heavy atom. The second-order valence-corrected chi connectivity index (χ2v) is 16.3. The van der Waals surface area contributed by atoms with E-state index in [2.05, 4.69) is 0 Å². The van der Waals surface area contributed by atoms with Crippen molar-refractivity contribution >= 4 is 36.4 Å². The third-order valence-corrected chi connectivity index (χ3v) is 13.0. The van der Waals surface area contributed by atoms with Crippen molar-refractivity contribution in [2.24, 2.45) is 0 Å². The second kappa shape index (κ2) is 17.1. The van der Waals surface area contributed by atoms with E-state index in [9.17, 15) is 9.13 Å². The highest BCUT2D eigenvalue weighted by Gasteiger charge is 2.37. The monoisotopic (exact) mass is 620 g/mol. The van der Waals surface area contributed by atoms with Crippen LogP contribution in [0.3, 0.4) is 0 Å². The minimum absolute atomic E-state index is 0.293. The molecule has 0 radical (unpaired) electrons. The van der Waals surface area contributed by atoms with E-state index in [1.807, 2.05) is 52.0 Å². The molecule has 0 aliphatic rings. The van der Waals surface area contributed by atoms with Gasteiger partial charge in [-0.05, 0) is 112 Å². The third-order valence-electron chi connectivity index (χ3n) is 5.08. The fourth-order valence-electron chi connectivity index (χ4n) is 3.58. The van der Waals surface area contributed by atoms with Gasteiger partial charge in [0.2, 0.25) is 5.79 Å². The molecular formula is C27H42O8P2S2. The topological polar surface area (TPSA) is 89.5 Å². The molecule has 8 nitrogen and oxygen atoms in total. The van der Waals surface area contributed by atoms with Gasteiger partial charge in [-0.25, -0.2) is 9.13 Å². The van der Waals surface area contributed by atoms with Gasteiger partial charge in [0.15, 0.2) is 0 Å². The van der Waals surface area contributed by atoms with Gasteiger partial charge >= 0.3 is 13.6 Å². The largest absolute Gasteiger partial charge is 0.440 e. The number of benzene rings is 2. The van der Waals surface area contributed by atoms with Crippen LogP contribution in [-0.2, 0) is 33.4 Å². The lowest BCUT2D eigenvalue weighted by molar-refractivity contribution is -0.213. The van der Waals surface area contributed by atoms with Gasteiger partial charge in [-0.2, -0.15) is 0 Å². The molecule has 2 atom stereocenters. The molecule has 0 amide bonds. The molecule has 0 saturated carbocycles. The van der Waals surface area contributed by atoms with Crippen LogP contribution in [0.15, 0.2) is 48.5 Å². The Kier molecular flexibility index (Phi) is 15.0. The van der Waals surface area contributed by atoms with Crippen LogP contribution in [0.4, 0.5) is 0 Å². The van der Waals surface area contributed by atoms with E-state index >= 15 is 0 Å². The Labute approximate surface area is 241 Å². The molecule has 0 bridgehead atoms. The lowest BCUT2D eigenvalue weighted by Crippen LogP contribution is -2.34. The van der Waals surface area contributed by atoms with Crippen molar-refractivity contribution in [3.05, 3.63) is 59.7 Å². The SMILES string of the molecule is CCCSP(=O)(OCC)Oc1ccc(C(OCC)(OCC)c2ccc(OP(=O)(OCC)SCCC)cc2)cc1. The summed E-state index contributed by atoms with van der Waals surface area (Å²) in [7, 11) is 0. The predicted molar refractivity (Wildman–Crippen MR) is 162 cm³/mol. The molecule has 0 heterocycles. The quantitative estimate of drug-likeness (QED) is 0.105. The summed E-state index contributed by atoms with van der Waals surface area (Å²) in [5, 5.41) is 0. The molecule has 0 aliphatic carbocycles. The normalized spacial score (nSPS) is 14.9. The second-order valence-electron chi connectivity index (χ2n) is 8.11. The first-order chi connectivity index (χ1) is 18.7. The first kappa shape index (κ1) is 34.2. The molecule has 2 rings (SSSR count).